The lowest BCUT2D eigenvalue weighted by atomic mass is 10.1. The van der Waals surface area contributed by atoms with E-state index in [1.54, 1.807) is 0 Å². The third kappa shape index (κ3) is 3.93. The van der Waals surface area contributed by atoms with Crippen molar-refractivity contribution in [2.24, 2.45) is 0 Å². The molecular formula is C15H29N3O. The van der Waals surface area contributed by atoms with Crippen LogP contribution in [-0.4, -0.2) is 54.1 Å². The molecule has 4 heteroatoms. The second-order valence-corrected chi connectivity index (χ2v) is 6.08. The van der Waals surface area contributed by atoms with Gasteiger partial charge in [0.05, 0.1) is 12.7 Å². The molecule has 0 spiro atoms. The molecule has 19 heavy (non-hydrogen) atoms. The Morgan fingerprint density at radius 3 is 2.74 bits per heavy atom. The molecule has 2 atom stereocenters. The molecule has 0 radical (unpaired) electrons. The molecule has 2 heterocycles. The third-order valence-corrected chi connectivity index (χ3v) is 4.44. The molecule has 2 saturated heterocycles. The molecule has 2 rings (SSSR count). The molecule has 110 valence electrons. The molecule has 2 fully saturated rings. The maximum atomic E-state index is 12.3. The van der Waals surface area contributed by atoms with Crippen LogP contribution in [0.1, 0.15) is 52.4 Å². The maximum absolute atomic E-state index is 12.3. The van der Waals surface area contributed by atoms with Crippen LogP contribution >= 0.6 is 0 Å². The first-order chi connectivity index (χ1) is 9.22. The van der Waals surface area contributed by atoms with Crippen molar-refractivity contribution >= 4 is 5.91 Å². The number of hydrogen-bond donors (Lipinski definition) is 1. The Labute approximate surface area is 117 Å². The molecule has 1 amide bonds. The highest BCUT2D eigenvalue weighted by Gasteiger charge is 2.33. The number of nitrogens with one attached hydrogen (secondary N) is 1. The summed E-state index contributed by atoms with van der Waals surface area (Å²) in [6.07, 6.45) is 7.29. The molecule has 0 aromatic heterocycles. The number of likely N-dealkylation sites (tertiary alicyclic amines) is 1. The van der Waals surface area contributed by atoms with E-state index < -0.39 is 0 Å². The Kier molecular flexibility index (Phi) is 5.64. The van der Waals surface area contributed by atoms with E-state index >= 15 is 0 Å². The largest absolute Gasteiger partial charge is 0.325 e. The summed E-state index contributed by atoms with van der Waals surface area (Å²) in [6.45, 7) is 8.56. The van der Waals surface area contributed by atoms with Crippen molar-refractivity contribution in [3.8, 4) is 0 Å². The van der Waals surface area contributed by atoms with E-state index in [1.165, 1.54) is 32.4 Å². The first kappa shape index (κ1) is 14.8. The molecule has 0 aliphatic carbocycles. The molecular weight excluding hydrogens is 238 g/mol. The van der Waals surface area contributed by atoms with E-state index in [4.69, 9.17) is 0 Å². The van der Waals surface area contributed by atoms with Crippen LogP contribution < -0.4 is 5.32 Å². The van der Waals surface area contributed by atoms with Crippen LogP contribution in [0.15, 0.2) is 0 Å². The molecule has 0 saturated carbocycles. The van der Waals surface area contributed by atoms with Crippen molar-refractivity contribution in [1.82, 2.24) is 15.1 Å². The van der Waals surface area contributed by atoms with Gasteiger partial charge in [0, 0.05) is 12.6 Å². The highest BCUT2D eigenvalue weighted by atomic mass is 16.2. The second kappa shape index (κ2) is 7.25. The van der Waals surface area contributed by atoms with Crippen molar-refractivity contribution in [1.29, 1.82) is 0 Å². The van der Waals surface area contributed by atoms with Crippen molar-refractivity contribution in [2.75, 3.05) is 26.3 Å². The van der Waals surface area contributed by atoms with Crippen molar-refractivity contribution in [2.45, 2.75) is 64.5 Å². The number of unbranched alkanes of at least 4 members (excludes halogenated alkanes) is 1. The highest BCUT2D eigenvalue weighted by Crippen LogP contribution is 2.16. The summed E-state index contributed by atoms with van der Waals surface area (Å²) < 4.78 is 0. The Morgan fingerprint density at radius 2 is 2.05 bits per heavy atom. The average Bonchev–Trinajstić information content (AvgIpc) is 2.79. The average molecular weight is 267 g/mol. The monoisotopic (exact) mass is 267 g/mol. The highest BCUT2D eigenvalue weighted by molar-refractivity contribution is 5.84. The van der Waals surface area contributed by atoms with Crippen LogP contribution in [0.4, 0.5) is 0 Å². The van der Waals surface area contributed by atoms with Gasteiger partial charge in [-0.25, -0.2) is 0 Å². The Hall–Kier alpha value is -0.610. The lowest BCUT2D eigenvalue weighted by molar-refractivity contribution is -0.131. The van der Waals surface area contributed by atoms with Crippen LogP contribution in [0.2, 0.25) is 0 Å². The quantitative estimate of drug-likeness (QED) is 0.797. The second-order valence-electron chi connectivity index (χ2n) is 6.08. The minimum atomic E-state index is 0.0729. The predicted octanol–water partition coefficient (Wildman–Crippen LogP) is 1.81. The van der Waals surface area contributed by atoms with Gasteiger partial charge in [0.15, 0.2) is 0 Å². The smallest absolute Gasteiger partial charge is 0.241 e. The number of carbonyl (C=O) groups excluding carboxylic acids is 1. The summed E-state index contributed by atoms with van der Waals surface area (Å²) in [7, 11) is 0. The number of amides is 1. The molecule has 0 aromatic carbocycles. The van der Waals surface area contributed by atoms with Gasteiger partial charge in [0.25, 0.3) is 0 Å². The molecule has 4 nitrogen and oxygen atoms in total. The van der Waals surface area contributed by atoms with Gasteiger partial charge in [-0.1, -0.05) is 26.2 Å². The fourth-order valence-corrected chi connectivity index (χ4v) is 3.19. The van der Waals surface area contributed by atoms with Gasteiger partial charge in [0.1, 0.15) is 0 Å². The zero-order chi connectivity index (χ0) is 13.7. The first-order valence-electron chi connectivity index (χ1n) is 7.98. The fourth-order valence-electron chi connectivity index (χ4n) is 3.19. The van der Waals surface area contributed by atoms with E-state index in [0.29, 0.717) is 11.9 Å². The van der Waals surface area contributed by atoms with Crippen molar-refractivity contribution < 1.29 is 4.79 Å². The molecule has 2 unspecified atom stereocenters. The lowest BCUT2D eigenvalue weighted by Crippen LogP contribution is -2.45. The molecule has 0 bridgehead atoms. The van der Waals surface area contributed by atoms with Crippen molar-refractivity contribution in [3.05, 3.63) is 0 Å². The standard InChI is InChI=1S/C15H29N3O/c1-3-4-8-14-15(19)18(12-16-14)13(2)11-17-9-6-5-7-10-17/h13-14,16H,3-12H2,1-2H3. The number of nitrogens with zero attached hydrogens (tertiary/aromatic N) is 2. The van der Waals surface area contributed by atoms with Crippen LogP contribution in [0.25, 0.3) is 0 Å². The summed E-state index contributed by atoms with van der Waals surface area (Å²) >= 11 is 0. The summed E-state index contributed by atoms with van der Waals surface area (Å²) in [5.74, 6) is 0.318. The zero-order valence-electron chi connectivity index (χ0n) is 12.5. The number of hydrogen-bond acceptors (Lipinski definition) is 3. The third-order valence-electron chi connectivity index (χ3n) is 4.44. The summed E-state index contributed by atoms with van der Waals surface area (Å²) in [5.41, 5.74) is 0. The van der Waals surface area contributed by atoms with Gasteiger partial charge < -0.3 is 9.80 Å². The number of rotatable bonds is 6. The van der Waals surface area contributed by atoms with Gasteiger partial charge in [-0.2, -0.15) is 0 Å². The minimum Gasteiger partial charge on any atom is -0.325 e. The van der Waals surface area contributed by atoms with Gasteiger partial charge in [-0.15, -0.1) is 0 Å². The van der Waals surface area contributed by atoms with Crippen LogP contribution in [0, 0.1) is 0 Å². The Balaban J connectivity index is 1.79. The Morgan fingerprint density at radius 1 is 1.32 bits per heavy atom. The van der Waals surface area contributed by atoms with Gasteiger partial charge in [-0.3, -0.25) is 10.1 Å². The van der Waals surface area contributed by atoms with E-state index in [0.717, 1.165) is 32.5 Å². The summed E-state index contributed by atoms with van der Waals surface area (Å²) in [6, 6.07) is 0.411. The van der Waals surface area contributed by atoms with Crippen LogP contribution in [0.3, 0.4) is 0 Å². The molecule has 2 aliphatic rings. The SMILES string of the molecule is CCCCC1NCN(C(C)CN2CCCCC2)C1=O. The first-order valence-corrected chi connectivity index (χ1v) is 7.98. The minimum absolute atomic E-state index is 0.0729. The van der Waals surface area contributed by atoms with Crippen LogP contribution in [-0.2, 0) is 4.79 Å². The fraction of sp³-hybridized carbons (Fsp3) is 0.933. The van der Waals surface area contributed by atoms with E-state index in [9.17, 15) is 4.79 Å². The summed E-state index contributed by atoms with van der Waals surface area (Å²) in [4.78, 5) is 16.9. The van der Waals surface area contributed by atoms with E-state index in [2.05, 4.69) is 24.1 Å². The molecule has 1 N–H and O–H groups in total. The summed E-state index contributed by atoms with van der Waals surface area (Å²) in [5, 5.41) is 3.37. The van der Waals surface area contributed by atoms with Crippen molar-refractivity contribution in [3.63, 3.8) is 0 Å². The number of piperidine rings is 1. The normalized spacial score (nSPS) is 26.9. The van der Waals surface area contributed by atoms with E-state index in [1.807, 2.05) is 4.90 Å². The van der Waals surface area contributed by atoms with Gasteiger partial charge in [-0.05, 0) is 39.3 Å². The van der Waals surface area contributed by atoms with E-state index in [-0.39, 0.29) is 6.04 Å². The van der Waals surface area contributed by atoms with Gasteiger partial charge >= 0.3 is 0 Å². The topological polar surface area (TPSA) is 35.6 Å². The lowest BCUT2D eigenvalue weighted by Gasteiger charge is -2.32. The maximum Gasteiger partial charge on any atom is 0.241 e. The Bertz CT molecular complexity index is 289. The van der Waals surface area contributed by atoms with Gasteiger partial charge in [0.2, 0.25) is 5.91 Å². The molecule has 2 aliphatic heterocycles. The molecule has 0 aromatic rings. The number of carbonyl (C=O) groups is 1. The van der Waals surface area contributed by atoms with Crippen LogP contribution in [0.5, 0.6) is 0 Å². The zero-order valence-corrected chi connectivity index (χ0v) is 12.5. The predicted molar refractivity (Wildman–Crippen MR) is 77.9 cm³/mol.